The Bertz CT molecular complexity index is 559. The number of nitrogens with two attached hydrogens (primary N) is 1. The van der Waals surface area contributed by atoms with Gasteiger partial charge in [-0.3, -0.25) is 4.98 Å². The highest BCUT2D eigenvalue weighted by Crippen LogP contribution is 2.23. The van der Waals surface area contributed by atoms with Gasteiger partial charge in [-0.1, -0.05) is 25.1 Å². The SMILES string of the molecule is CCCOc1cncc(NC(C)c2ccccc2N)n1. The Morgan fingerprint density at radius 1 is 1.30 bits per heavy atom. The number of hydrogen-bond acceptors (Lipinski definition) is 5. The predicted molar refractivity (Wildman–Crippen MR) is 80.7 cm³/mol. The van der Waals surface area contributed by atoms with Crippen molar-refractivity contribution in [3.8, 4) is 5.88 Å². The third-order valence-corrected chi connectivity index (χ3v) is 2.89. The van der Waals surface area contributed by atoms with Gasteiger partial charge < -0.3 is 15.8 Å². The largest absolute Gasteiger partial charge is 0.477 e. The fourth-order valence-corrected chi connectivity index (χ4v) is 1.90. The zero-order valence-electron chi connectivity index (χ0n) is 11.8. The molecule has 0 bridgehead atoms. The zero-order valence-corrected chi connectivity index (χ0v) is 11.8. The van der Waals surface area contributed by atoms with Crippen LogP contribution >= 0.6 is 0 Å². The lowest BCUT2D eigenvalue weighted by atomic mass is 10.1. The number of rotatable bonds is 6. The van der Waals surface area contributed by atoms with Gasteiger partial charge in [0.1, 0.15) is 5.82 Å². The molecule has 0 aliphatic carbocycles. The van der Waals surface area contributed by atoms with E-state index >= 15 is 0 Å². The van der Waals surface area contributed by atoms with Crippen molar-refractivity contribution in [2.24, 2.45) is 0 Å². The molecule has 0 aliphatic heterocycles. The maximum atomic E-state index is 5.97. The number of hydrogen-bond donors (Lipinski definition) is 2. The molecule has 1 atom stereocenters. The van der Waals surface area contributed by atoms with Gasteiger partial charge >= 0.3 is 0 Å². The molecule has 0 saturated heterocycles. The van der Waals surface area contributed by atoms with Crippen LogP contribution in [0, 0.1) is 0 Å². The maximum absolute atomic E-state index is 5.97. The number of para-hydroxylation sites is 1. The van der Waals surface area contributed by atoms with Crippen LogP contribution in [0.2, 0.25) is 0 Å². The van der Waals surface area contributed by atoms with E-state index in [0.717, 1.165) is 17.7 Å². The first-order chi connectivity index (χ1) is 9.70. The van der Waals surface area contributed by atoms with E-state index in [1.54, 1.807) is 12.4 Å². The molecule has 5 nitrogen and oxygen atoms in total. The molecule has 106 valence electrons. The minimum Gasteiger partial charge on any atom is -0.477 e. The summed E-state index contributed by atoms with van der Waals surface area (Å²) in [5.74, 6) is 1.21. The molecule has 1 unspecified atom stereocenters. The number of nitrogens with zero attached hydrogens (tertiary/aromatic N) is 2. The van der Waals surface area contributed by atoms with Crippen molar-refractivity contribution < 1.29 is 4.74 Å². The number of nitrogens with one attached hydrogen (secondary N) is 1. The molecule has 0 fully saturated rings. The second-order valence-electron chi connectivity index (χ2n) is 4.59. The van der Waals surface area contributed by atoms with E-state index in [1.807, 2.05) is 31.2 Å². The van der Waals surface area contributed by atoms with E-state index in [4.69, 9.17) is 10.5 Å². The molecule has 0 amide bonds. The molecule has 2 aromatic rings. The van der Waals surface area contributed by atoms with Crippen LogP contribution in [-0.4, -0.2) is 16.6 Å². The smallest absolute Gasteiger partial charge is 0.234 e. The monoisotopic (exact) mass is 272 g/mol. The van der Waals surface area contributed by atoms with Gasteiger partial charge in [0.25, 0.3) is 0 Å². The molecule has 0 saturated carbocycles. The van der Waals surface area contributed by atoms with Gasteiger partial charge in [-0.05, 0) is 25.0 Å². The van der Waals surface area contributed by atoms with Gasteiger partial charge in [-0.2, -0.15) is 4.98 Å². The van der Waals surface area contributed by atoms with Crippen molar-refractivity contribution in [3.63, 3.8) is 0 Å². The molecule has 1 aromatic carbocycles. The Morgan fingerprint density at radius 3 is 2.85 bits per heavy atom. The standard InChI is InChI=1S/C15H20N4O/c1-3-8-20-15-10-17-9-14(19-15)18-11(2)12-6-4-5-7-13(12)16/h4-7,9-11H,3,8,16H2,1-2H3,(H,18,19). The van der Waals surface area contributed by atoms with E-state index < -0.39 is 0 Å². The Morgan fingerprint density at radius 2 is 2.10 bits per heavy atom. The minimum absolute atomic E-state index is 0.0481. The Balaban J connectivity index is 2.08. The van der Waals surface area contributed by atoms with Gasteiger partial charge in [-0.25, -0.2) is 0 Å². The van der Waals surface area contributed by atoms with Crippen molar-refractivity contribution in [3.05, 3.63) is 42.2 Å². The molecule has 0 aliphatic rings. The van der Waals surface area contributed by atoms with E-state index in [2.05, 4.69) is 22.2 Å². The van der Waals surface area contributed by atoms with E-state index in [0.29, 0.717) is 18.3 Å². The first-order valence-corrected chi connectivity index (χ1v) is 6.76. The third-order valence-electron chi connectivity index (χ3n) is 2.89. The summed E-state index contributed by atoms with van der Waals surface area (Å²) < 4.78 is 5.47. The molecule has 1 heterocycles. The topological polar surface area (TPSA) is 73.1 Å². The van der Waals surface area contributed by atoms with Crippen LogP contribution in [0.15, 0.2) is 36.7 Å². The highest BCUT2D eigenvalue weighted by molar-refractivity contribution is 5.50. The summed E-state index contributed by atoms with van der Waals surface area (Å²) in [5, 5.41) is 3.28. The third kappa shape index (κ3) is 3.60. The number of ether oxygens (including phenoxy) is 1. The highest BCUT2D eigenvalue weighted by atomic mass is 16.5. The van der Waals surface area contributed by atoms with Crippen LogP contribution in [-0.2, 0) is 0 Å². The van der Waals surface area contributed by atoms with Crippen LogP contribution in [0.25, 0.3) is 0 Å². The van der Waals surface area contributed by atoms with Crippen LogP contribution in [0.3, 0.4) is 0 Å². The zero-order chi connectivity index (χ0) is 14.4. The predicted octanol–water partition coefficient (Wildman–Crippen LogP) is 3.02. The van der Waals surface area contributed by atoms with Gasteiger partial charge in [0.2, 0.25) is 5.88 Å². The van der Waals surface area contributed by atoms with Gasteiger partial charge in [0.15, 0.2) is 0 Å². The number of aromatic nitrogens is 2. The average Bonchev–Trinajstić information content (AvgIpc) is 2.46. The summed E-state index contributed by atoms with van der Waals surface area (Å²) in [4.78, 5) is 8.49. The van der Waals surface area contributed by atoms with Crippen LogP contribution in [0.5, 0.6) is 5.88 Å². The molecule has 3 N–H and O–H groups in total. The van der Waals surface area contributed by atoms with Crippen molar-refractivity contribution >= 4 is 11.5 Å². The lowest BCUT2D eigenvalue weighted by Gasteiger charge is -2.16. The second kappa shape index (κ2) is 6.75. The summed E-state index contributed by atoms with van der Waals surface area (Å²) >= 11 is 0. The van der Waals surface area contributed by atoms with E-state index in [9.17, 15) is 0 Å². The van der Waals surface area contributed by atoms with Gasteiger partial charge in [0.05, 0.1) is 25.0 Å². The summed E-state index contributed by atoms with van der Waals surface area (Å²) in [5.41, 5.74) is 7.77. The number of benzene rings is 1. The fourth-order valence-electron chi connectivity index (χ4n) is 1.90. The molecular weight excluding hydrogens is 252 g/mol. The molecule has 0 spiro atoms. The van der Waals surface area contributed by atoms with E-state index in [1.165, 1.54) is 0 Å². The van der Waals surface area contributed by atoms with Crippen LogP contribution in [0.4, 0.5) is 11.5 Å². The van der Waals surface area contributed by atoms with Crippen molar-refractivity contribution in [2.45, 2.75) is 26.3 Å². The highest BCUT2D eigenvalue weighted by Gasteiger charge is 2.09. The lowest BCUT2D eigenvalue weighted by molar-refractivity contribution is 0.304. The summed E-state index contributed by atoms with van der Waals surface area (Å²) in [6.07, 6.45) is 4.23. The first kappa shape index (κ1) is 14.1. The van der Waals surface area contributed by atoms with Gasteiger partial charge in [0, 0.05) is 5.69 Å². The quantitative estimate of drug-likeness (QED) is 0.791. The van der Waals surface area contributed by atoms with Gasteiger partial charge in [-0.15, -0.1) is 0 Å². The van der Waals surface area contributed by atoms with E-state index in [-0.39, 0.29) is 6.04 Å². The summed E-state index contributed by atoms with van der Waals surface area (Å²) in [6.45, 7) is 4.72. The molecule has 0 radical (unpaired) electrons. The fraction of sp³-hybridized carbons (Fsp3) is 0.333. The Hall–Kier alpha value is -2.30. The summed E-state index contributed by atoms with van der Waals surface area (Å²) in [7, 11) is 0. The van der Waals surface area contributed by atoms with Crippen LogP contribution in [0.1, 0.15) is 31.9 Å². The molecule has 2 rings (SSSR count). The minimum atomic E-state index is 0.0481. The molecule has 1 aromatic heterocycles. The lowest BCUT2D eigenvalue weighted by Crippen LogP contribution is -2.11. The average molecular weight is 272 g/mol. The van der Waals surface area contributed by atoms with Crippen LogP contribution < -0.4 is 15.8 Å². The molecule has 20 heavy (non-hydrogen) atoms. The maximum Gasteiger partial charge on any atom is 0.234 e. The van der Waals surface area contributed by atoms with Crippen molar-refractivity contribution in [1.29, 1.82) is 0 Å². The Kier molecular flexibility index (Phi) is 4.76. The normalized spacial score (nSPS) is 11.9. The second-order valence-corrected chi connectivity index (χ2v) is 4.59. The van der Waals surface area contributed by atoms with Crippen molar-refractivity contribution in [1.82, 2.24) is 9.97 Å². The molecule has 5 heteroatoms. The number of nitrogen functional groups attached to an aromatic ring is 1. The van der Waals surface area contributed by atoms with Crippen molar-refractivity contribution in [2.75, 3.05) is 17.7 Å². The first-order valence-electron chi connectivity index (χ1n) is 6.76. The summed E-state index contributed by atoms with van der Waals surface area (Å²) in [6, 6.07) is 7.82. The Labute approximate surface area is 119 Å². The number of anilines is 2. The molecular formula is C15H20N4O.